The van der Waals surface area contributed by atoms with Crippen molar-refractivity contribution in [2.75, 3.05) is 14.2 Å². The average molecular weight is 423 g/mol. The molecule has 1 saturated heterocycles. The van der Waals surface area contributed by atoms with Gasteiger partial charge in [-0.05, 0) is 63.6 Å². The van der Waals surface area contributed by atoms with Crippen molar-refractivity contribution in [3.63, 3.8) is 0 Å². The third-order valence-corrected chi connectivity index (χ3v) is 10.0. The fraction of sp³-hybridized carbons (Fsp3) is 0.870. The predicted molar refractivity (Wildman–Crippen MR) is 114 cm³/mol. The van der Waals surface area contributed by atoms with E-state index in [0.29, 0.717) is 5.78 Å². The molecule has 0 amide bonds. The summed E-state index contributed by atoms with van der Waals surface area (Å²) in [7, 11) is 1.57. The maximum absolute atomic E-state index is 13.6. The molecule has 0 bridgehead atoms. The van der Waals surface area contributed by atoms with Crippen molar-refractivity contribution in [3.05, 3.63) is 10.8 Å². The first-order chi connectivity index (χ1) is 13.3. The zero-order valence-electron chi connectivity index (χ0n) is 19.6. The van der Waals surface area contributed by atoms with E-state index >= 15 is 0 Å². The molecule has 164 valence electrons. The third kappa shape index (κ3) is 2.89. The molecule has 4 aliphatic rings. The molecule has 2 spiro atoms. The summed E-state index contributed by atoms with van der Waals surface area (Å²) >= 11 is 0. The van der Waals surface area contributed by atoms with Gasteiger partial charge in [-0.15, -0.1) is 0 Å². The number of methoxy groups -OCH3 is 2. The lowest BCUT2D eigenvalue weighted by Gasteiger charge is -2.38. The predicted octanol–water partition coefficient (Wildman–Crippen LogP) is 4.26. The van der Waals surface area contributed by atoms with Crippen LogP contribution in [0.3, 0.4) is 0 Å². The highest BCUT2D eigenvalue weighted by Crippen LogP contribution is 2.70. The molecule has 5 nitrogen and oxygen atoms in total. The van der Waals surface area contributed by atoms with Crippen LogP contribution in [-0.4, -0.2) is 57.3 Å². The minimum atomic E-state index is -1.86. The number of ether oxygens (including phenoxy) is 4. The van der Waals surface area contributed by atoms with E-state index in [-0.39, 0.29) is 23.5 Å². The fourth-order valence-corrected chi connectivity index (χ4v) is 7.93. The summed E-state index contributed by atoms with van der Waals surface area (Å²) in [5.74, 6) is -0.129. The van der Waals surface area contributed by atoms with Crippen molar-refractivity contribution < 1.29 is 23.7 Å². The SMILES string of the molecule is COC(C)(C)[C@@H]1OC2(CC[C@@H]3C2=C([Si](C)(C)C)C(=O)C32CC2)O[C@H]1C(C)(C)OC. The van der Waals surface area contributed by atoms with Gasteiger partial charge in [-0.3, -0.25) is 4.79 Å². The van der Waals surface area contributed by atoms with E-state index in [2.05, 4.69) is 19.6 Å². The van der Waals surface area contributed by atoms with Crippen LogP contribution in [-0.2, 0) is 23.7 Å². The number of ketones is 1. The molecule has 0 aromatic carbocycles. The number of hydrogen-bond donors (Lipinski definition) is 0. The Morgan fingerprint density at radius 3 is 1.79 bits per heavy atom. The minimum absolute atomic E-state index is 0.150. The summed E-state index contributed by atoms with van der Waals surface area (Å²) in [6.45, 7) is 15.0. The Bertz CT molecular complexity index is 732. The van der Waals surface area contributed by atoms with Gasteiger partial charge in [-0.2, -0.15) is 0 Å². The summed E-state index contributed by atoms with van der Waals surface area (Å²) in [5.41, 5.74) is -0.0446. The molecule has 1 aliphatic heterocycles. The molecule has 4 rings (SSSR count). The lowest BCUT2D eigenvalue weighted by molar-refractivity contribution is -0.171. The van der Waals surface area contributed by atoms with E-state index in [9.17, 15) is 4.79 Å². The van der Waals surface area contributed by atoms with Crippen LogP contribution in [0.1, 0.15) is 53.4 Å². The molecule has 0 unspecified atom stereocenters. The van der Waals surface area contributed by atoms with Crippen LogP contribution in [0.4, 0.5) is 0 Å². The molecule has 3 aliphatic carbocycles. The summed E-state index contributed by atoms with van der Waals surface area (Å²) in [4.78, 5) is 13.6. The molecule has 2 saturated carbocycles. The third-order valence-electron chi connectivity index (χ3n) is 8.01. The first-order valence-electron chi connectivity index (χ1n) is 11.0. The lowest BCUT2D eigenvalue weighted by atomic mass is 9.87. The van der Waals surface area contributed by atoms with Crippen LogP contribution in [0.2, 0.25) is 19.6 Å². The highest BCUT2D eigenvalue weighted by molar-refractivity contribution is 6.87. The van der Waals surface area contributed by atoms with Gasteiger partial charge in [0.15, 0.2) is 11.6 Å². The van der Waals surface area contributed by atoms with Crippen molar-refractivity contribution >= 4 is 13.9 Å². The summed E-state index contributed by atoms with van der Waals surface area (Å²) in [6, 6.07) is 0. The minimum Gasteiger partial charge on any atom is -0.376 e. The van der Waals surface area contributed by atoms with Gasteiger partial charge in [-0.25, -0.2) is 0 Å². The molecule has 0 aromatic heterocycles. The number of Topliss-reactive ketones (excluding diaryl/α,β-unsaturated/α-hetero) is 1. The summed E-state index contributed by atoms with van der Waals surface area (Å²) < 4.78 is 25.4. The van der Waals surface area contributed by atoms with Gasteiger partial charge < -0.3 is 18.9 Å². The number of carbonyl (C=O) groups excluding carboxylic acids is 1. The van der Waals surface area contributed by atoms with Crippen molar-refractivity contribution in [2.24, 2.45) is 11.3 Å². The second-order valence-corrected chi connectivity index (χ2v) is 16.6. The van der Waals surface area contributed by atoms with E-state index in [1.54, 1.807) is 14.2 Å². The largest absolute Gasteiger partial charge is 0.376 e. The summed E-state index contributed by atoms with van der Waals surface area (Å²) in [6.07, 6.45) is 3.23. The van der Waals surface area contributed by atoms with E-state index in [1.165, 1.54) is 5.57 Å². The second kappa shape index (κ2) is 6.25. The molecule has 6 heteroatoms. The molecule has 29 heavy (non-hydrogen) atoms. The number of fused-ring (bicyclic) bond motifs is 3. The van der Waals surface area contributed by atoms with Crippen LogP contribution in [0.5, 0.6) is 0 Å². The zero-order valence-corrected chi connectivity index (χ0v) is 20.6. The van der Waals surface area contributed by atoms with Gasteiger partial charge in [0.2, 0.25) is 0 Å². The first kappa shape index (κ1) is 21.7. The Hall–Kier alpha value is -0.533. The smallest absolute Gasteiger partial charge is 0.192 e. The average Bonchev–Trinajstić information content (AvgIpc) is 3.12. The Balaban J connectivity index is 1.84. The first-order valence-corrected chi connectivity index (χ1v) is 14.5. The number of rotatable bonds is 5. The number of carbonyl (C=O) groups is 1. The summed E-state index contributed by atoms with van der Waals surface area (Å²) in [5, 5.41) is 1.09. The molecular formula is C23H38O5Si. The van der Waals surface area contributed by atoms with E-state index in [1.807, 2.05) is 27.7 Å². The van der Waals surface area contributed by atoms with Gasteiger partial charge in [0.05, 0.1) is 19.3 Å². The molecular weight excluding hydrogens is 384 g/mol. The maximum atomic E-state index is 13.6. The van der Waals surface area contributed by atoms with Crippen LogP contribution in [0, 0.1) is 11.3 Å². The topological polar surface area (TPSA) is 54.0 Å². The van der Waals surface area contributed by atoms with Gasteiger partial charge in [0.1, 0.15) is 12.2 Å². The Morgan fingerprint density at radius 2 is 1.41 bits per heavy atom. The van der Waals surface area contributed by atoms with Gasteiger partial charge in [-0.1, -0.05) is 19.6 Å². The molecule has 0 radical (unpaired) electrons. The van der Waals surface area contributed by atoms with Crippen molar-refractivity contribution in [1.29, 1.82) is 0 Å². The highest BCUT2D eigenvalue weighted by Gasteiger charge is 2.72. The number of allylic oxidation sites excluding steroid dienone is 1. The van der Waals surface area contributed by atoms with Crippen molar-refractivity contribution in [3.8, 4) is 0 Å². The van der Waals surface area contributed by atoms with E-state index in [4.69, 9.17) is 18.9 Å². The Morgan fingerprint density at radius 1 is 0.931 bits per heavy atom. The van der Waals surface area contributed by atoms with Crippen molar-refractivity contribution in [1.82, 2.24) is 0 Å². The highest BCUT2D eigenvalue weighted by atomic mass is 28.3. The number of hydrogen-bond acceptors (Lipinski definition) is 5. The molecule has 3 fully saturated rings. The Labute approximate surface area is 176 Å². The Kier molecular flexibility index (Phi) is 4.68. The van der Waals surface area contributed by atoms with E-state index < -0.39 is 25.1 Å². The molecule has 0 N–H and O–H groups in total. The van der Waals surface area contributed by atoms with Crippen LogP contribution >= 0.6 is 0 Å². The van der Waals surface area contributed by atoms with E-state index in [0.717, 1.165) is 30.9 Å². The molecule has 3 atom stereocenters. The monoisotopic (exact) mass is 422 g/mol. The van der Waals surface area contributed by atoms with Gasteiger partial charge >= 0.3 is 0 Å². The lowest BCUT2D eigenvalue weighted by Crippen LogP contribution is -2.53. The maximum Gasteiger partial charge on any atom is 0.192 e. The standard InChI is InChI=1S/C23H38O5Si/c1-20(2,25-5)18-19(21(3,4)26-6)28-23(27-18)11-10-14-15(23)16(29(7,8)9)17(24)22(14)12-13-22/h14,18-19H,10-13H2,1-9H3/t14-,18-,19-/m1/s1. The van der Waals surface area contributed by atoms with Crippen LogP contribution < -0.4 is 0 Å². The quantitative estimate of drug-likeness (QED) is 0.620. The fourth-order valence-electron chi connectivity index (χ4n) is 5.83. The van der Waals surface area contributed by atoms with Crippen molar-refractivity contribution in [2.45, 2.75) is 102 Å². The van der Waals surface area contributed by atoms with Gasteiger partial charge in [0, 0.05) is 26.1 Å². The van der Waals surface area contributed by atoms with Crippen LogP contribution in [0.15, 0.2) is 10.8 Å². The molecule has 1 heterocycles. The zero-order chi connectivity index (χ0) is 21.6. The second-order valence-electron chi connectivity index (χ2n) is 11.6. The van der Waals surface area contributed by atoms with Gasteiger partial charge in [0.25, 0.3) is 0 Å². The normalized spacial score (nSPS) is 33.3. The molecule has 0 aromatic rings. The van der Waals surface area contributed by atoms with Crippen LogP contribution in [0.25, 0.3) is 0 Å².